The van der Waals surface area contributed by atoms with Crippen molar-refractivity contribution in [2.24, 2.45) is 12.0 Å². The first kappa shape index (κ1) is 14.5. The number of rotatable bonds is 2. The van der Waals surface area contributed by atoms with E-state index in [1.165, 1.54) is 6.07 Å². The summed E-state index contributed by atoms with van der Waals surface area (Å²) < 4.78 is 27.8. The maximum atomic E-state index is 13.2. The number of benzene rings is 1. The maximum absolute atomic E-state index is 13.2. The standard InChI is InChI=1S/C14H10F2N4OS/c1-20-7-8(6-17-20)4-12-13(19-14(21)22-12)18-9-2-3-10(15)11(16)5-9/h2-7H,1H3,(H,18,19,21)/b12-4-. The Morgan fingerprint density at radius 3 is 2.86 bits per heavy atom. The van der Waals surface area contributed by atoms with Gasteiger partial charge in [0.1, 0.15) is 5.84 Å². The fraction of sp³-hybridized carbons (Fsp3) is 0.0714. The molecule has 1 aliphatic rings. The molecule has 22 heavy (non-hydrogen) atoms. The third-order valence-electron chi connectivity index (χ3n) is 2.82. The van der Waals surface area contributed by atoms with Crippen LogP contribution in [0, 0.1) is 11.6 Å². The molecule has 5 nitrogen and oxygen atoms in total. The van der Waals surface area contributed by atoms with Crippen LogP contribution >= 0.6 is 11.8 Å². The Balaban J connectivity index is 1.96. The highest BCUT2D eigenvalue weighted by Crippen LogP contribution is 2.28. The highest BCUT2D eigenvalue weighted by Gasteiger charge is 2.23. The Bertz CT molecular complexity index is 813. The number of aryl methyl sites for hydroxylation is 1. The molecule has 2 heterocycles. The summed E-state index contributed by atoms with van der Waals surface area (Å²) in [7, 11) is 1.78. The van der Waals surface area contributed by atoms with Gasteiger partial charge in [0.15, 0.2) is 11.6 Å². The van der Waals surface area contributed by atoms with Crippen LogP contribution in [0.4, 0.5) is 19.3 Å². The molecule has 8 heteroatoms. The van der Waals surface area contributed by atoms with E-state index in [4.69, 9.17) is 0 Å². The Morgan fingerprint density at radius 2 is 2.18 bits per heavy atom. The third-order valence-corrected chi connectivity index (χ3v) is 3.64. The molecule has 0 radical (unpaired) electrons. The number of thioether (sulfide) groups is 1. The van der Waals surface area contributed by atoms with E-state index in [0.29, 0.717) is 10.7 Å². The van der Waals surface area contributed by atoms with Crippen LogP contribution in [0.2, 0.25) is 0 Å². The number of carbonyl (C=O) groups is 1. The van der Waals surface area contributed by atoms with Gasteiger partial charge in [-0.2, -0.15) is 5.10 Å². The SMILES string of the molecule is Cn1cc(/C=C2\SC(=O)NC2=Nc2ccc(F)c(F)c2)cn1. The van der Waals surface area contributed by atoms with Crippen molar-refractivity contribution >= 4 is 34.6 Å². The fourth-order valence-corrected chi connectivity index (χ4v) is 2.60. The lowest BCUT2D eigenvalue weighted by molar-refractivity contribution is 0.265. The molecular weight excluding hydrogens is 310 g/mol. The normalized spacial score (nSPS) is 18.2. The molecule has 0 spiro atoms. The third kappa shape index (κ3) is 3.06. The Morgan fingerprint density at radius 1 is 1.36 bits per heavy atom. The number of amides is 1. The topological polar surface area (TPSA) is 59.3 Å². The predicted octanol–water partition coefficient (Wildman–Crippen LogP) is 3.23. The predicted molar refractivity (Wildman–Crippen MR) is 80.8 cm³/mol. The van der Waals surface area contributed by atoms with Gasteiger partial charge in [-0.1, -0.05) is 0 Å². The van der Waals surface area contributed by atoms with Crippen molar-refractivity contribution in [3.63, 3.8) is 0 Å². The smallest absolute Gasteiger partial charge is 0.289 e. The van der Waals surface area contributed by atoms with Gasteiger partial charge in [0.05, 0.1) is 16.8 Å². The van der Waals surface area contributed by atoms with E-state index >= 15 is 0 Å². The molecule has 1 aliphatic heterocycles. The molecule has 0 saturated carbocycles. The lowest BCUT2D eigenvalue weighted by Crippen LogP contribution is -2.18. The maximum Gasteiger partial charge on any atom is 0.289 e. The first-order chi connectivity index (χ1) is 10.5. The number of hydrogen-bond acceptors (Lipinski definition) is 4. The number of aromatic nitrogens is 2. The summed E-state index contributed by atoms with van der Waals surface area (Å²) in [6, 6.07) is 3.30. The van der Waals surface area contributed by atoms with Gasteiger partial charge >= 0.3 is 0 Å². The van der Waals surface area contributed by atoms with Gasteiger partial charge in [-0.25, -0.2) is 13.8 Å². The van der Waals surface area contributed by atoms with E-state index in [1.807, 2.05) is 0 Å². The number of nitrogens with zero attached hydrogens (tertiary/aromatic N) is 3. The van der Waals surface area contributed by atoms with Crippen LogP contribution in [0.25, 0.3) is 6.08 Å². The van der Waals surface area contributed by atoms with Gasteiger partial charge < -0.3 is 5.32 Å². The second-order valence-corrected chi connectivity index (χ2v) is 5.54. The van der Waals surface area contributed by atoms with Crippen LogP contribution in [0.1, 0.15) is 5.56 Å². The lowest BCUT2D eigenvalue weighted by atomic mass is 10.3. The molecule has 1 aromatic carbocycles. The molecular formula is C14H10F2N4OS. The monoisotopic (exact) mass is 320 g/mol. The zero-order chi connectivity index (χ0) is 15.7. The number of aliphatic imine (C=N–C) groups is 1. The molecule has 1 amide bonds. The summed E-state index contributed by atoms with van der Waals surface area (Å²) in [5.74, 6) is -1.64. The molecule has 0 unspecified atom stereocenters. The van der Waals surface area contributed by atoms with Gasteiger partial charge in [-0.15, -0.1) is 0 Å². The van der Waals surface area contributed by atoms with E-state index in [-0.39, 0.29) is 10.9 Å². The summed E-state index contributed by atoms with van der Waals surface area (Å²) in [5, 5.41) is 6.33. The zero-order valence-electron chi connectivity index (χ0n) is 11.4. The average Bonchev–Trinajstić information content (AvgIpc) is 3.01. The largest absolute Gasteiger partial charge is 0.300 e. The quantitative estimate of drug-likeness (QED) is 0.924. The van der Waals surface area contributed by atoms with E-state index in [9.17, 15) is 13.6 Å². The molecule has 1 N–H and O–H groups in total. The number of hydrogen-bond donors (Lipinski definition) is 1. The Kier molecular flexibility index (Phi) is 3.76. The van der Waals surface area contributed by atoms with Gasteiger partial charge in [0.25, 0.3) is 5.24 Å². The van der Waals surface area contributed by atoms with Crippen molar-refractivity contribution in [1.29, 1.82) is 0 Å². The van der Waals surface area contributed by atoms with E-state index < -0.39 is 11.6 Å². The minimum Gasteiger partial charge on any atom is -0.300 e. The molecule has 3 rings (SSSR count). The lowest BCUT2D eigenvalue weighted by Gasteiger charge is -2.00. The number of halogens is 2. The first-order valence-electron chi connectivity index (χ1n) is 6.24. The number of carbonyl (C=O) groups excluding carboxylic acids is 1. The van der Waals surface area contributed by atoms with Crippen LogP contribution in [-0.4, -0.2) is 20.9 Å². The zero-order valence-corrected chi connectivity index (χ0v) is 12.2. The second-order valence-electron chi connectivity index (χ2n) is 4.53. The van der Waals surface area contributed by atoms with E-state index in [1.54, 1.807) is 30.2 Å². The van der Waals surface area contributed by atoms with E-state index in [2.05, 4.69) is 15.4 Å². The summed E-state index contributed by atoms with van der Waals surface area (Å²) >= 11 is 0.980. The van der Waals surface area contributed by atoms with Gasteiger partial charge in [-0.05, 0) is 30.0 Å². The highest BCUT2D eigenvalue weighted by atomic mass is 32.2. The molecule has 112 valence electrons. The van der Waals surface area contributed by atoms with Crippen LogP contribution in [-0.2, 0) is 7.05 Å². The molecule has 1 fully saturated rings. The second kappa shape index (κ2) is 5.72. The molecule has 1 saturated heterocycles. The summed E-state index contributed by atoms with van der Waals surface area (Å²) in [4.78, 5) is 16.3. The van der Waals surface area contributed by atoms with Crippen molar-refractivity contribution in [2.45, 2.75) is 0 Å². The summed E-state index contributed by atoms with van der Waals surface area (Å²) in [5.41, 5.74) is 1.02. The van der Waals surface area contributed by atoms with E-state index in [0.717, 1.165) is 29.5 Å². The number of nitrogens with one attached hydrogen (secondary N) is 1. The molecule has 1 aromatic heterocycles. The van der Waals surface area contributed by atoms with Gasteiger partial charge in [-0.3, -0.25) is 9.48 Å². The van der Waals surface area contributed by atoms with Crippen molar-refractivity contribution in [2.75, 3.05) is 0 Å². The minimum atomic E-state index is -0.989. The number of amidine groups is 1. The van der Waals surface area contributed by atoms with Gasteiger partial charge in [0, 0.05) is 24.9 Å². The van der Waals surface area contributed by atoms with Crippen LogP contribution in [0.15, 0.2) is 40.5 Å². The van der Waals surface area contributed by atoms with Crippen LogP contribution in [0.3, 0.4) is 0 Å². The molecule has 0 atom stereocenters. The minimum absolute atomic E-state index is 0.216. The van der Waals surface area contributed by atoms with Crippen molar-refractivity contribution in [3.05, 3.63) is 52.7 Å². The Labute approximate surface area is 128 Å². The van der Waals surface area contributed by atoms with Gasteiger partial charge in [0.2, 0.25) is 0 Å². The summed E-state index contributed by atoms with van der Waals surface area (Å²) in [6.07, 6.45) is 5.17. The molecule has 0 bridgehead atoms. The van der Waals surface area contributed by atoms with Crippen molar-refractivity contribution < 1.29 is 13.6 Å². The van der Waals surface area contributed by atoms with Crippen molar-refractivity contribution in [3.8, 4) is 0 Å². The highest BCUT2D eigenvalue weighted by molar-refractivity contribution is 8.18. The average molecular weight is 320 g/mol. The summed E-state index contributed by atoms with van der Waals surface area (Å²) in [6.45, 7) is 0. The molecule has 2 aromatic rings. The molecule has 0 aliphatic carbocycles. The Hall–Kier alpha value is -2.48. The fourth-order valence-electron chi connectivity index (χ4n) is 1.86. The van der Waals surface area contributed by atoms with Crippen molar-refractivity contribution in [1.82, 2.24) is 15.1 Å². The van der Waals surface area contributed by atoms with Crippen LogP contribution in [0.5, 0.6) is 0 Å². The first-order valence-corrected chi connectivity index (χ1v) is 7.06. The van der Waals surface area contributed by atoms with Crippen LogP contribution < -0.4 is 5.32 Å².